The van der Waals surface area contributed by atoms with Crippen molar-refractivity contribution in [3.05, 3.63) is 27.4 Å². The van der Waals surface area contributed by atoms with Crippen LogP contribution in [0, 0.1) is 10.7 Å². The fourth-order valence-electron chi connectivity index (χ4n) is 3.21. The quantitative estimate of drug-likeness (QED) is 0.0550. The number of carbonyl (C=O) groups excluding carboxylic acids is 3. The van der Waals surface area contributed by atoms with Gasteiger partial charge in [0, 0.05) is 23.3 Å². The van der Waals surface area contributed by atoms with E-state index in [1.807, 2.05) is 22.6 Å². The summed E-state index contributed by atoms with van der Waals surface area (Å²) in [7, 11) is 2.91. The Labute approximate surface area is 248 Å². The summed E-state index contributed by atoms with van der Waals surface area (Å²) < 4.78 is 0.555. The Hall–Kier alpha value is -0.300. The van der Waals surface area contributed by atoms with Crippen LogP contribution in [0.15, 0.2) is 0 Å². The number of benzene rings is 1. The molecule has 0 heterocycles. The molecule has 0 spiro atoms. The van der Waals surface area contributed by atoms with Crippen LogP contribution in [0.3, 0.4) is 0 Å². The molecule has 36 heavy (non-hydrogen) atoms. The number of hydrogen-bond acceptors (Lipinski definition) is 11. The van der Waals surface area contributed by atoms with Crippen LogP contribution in [0.5, 0.6) is 0 Å². The van der Waals surface area contributed by atoms with Crippen LogP contribution in [-0.4, -0.2) is 125 Å². The maximum atomic E-state index is 13.7. The zero-order valence-electron chi connectivity index (χ0n) is 19.3. The third-order valence-electron chi connectivity index (χ3n) is 5.15. The molecule has 0 aliphatic carbocycles. The molecule has 16 heteroatoms. The minimum absolute atomic E-state index is 0.0713. The Morgan fingerprint density at radius 3 is 1.78 bits per heavy atom. The van der Waals surface area contributed by atoms with Gasteiger partial charge in [-0.05, 0) is 74.8 Å². The van der Waals surface area contributed by atoms with E-state index >= 15 is 0 Å². The zero-order valence-corrected chi connectivity index (χ0v) is 25.8. The molecule has 0 radical (unpaired) electrons. The van der Waals surface area contributed by atoms with Gasteiger partial charge in [-0.1, -0.05) is 0 Å². The smallest absolute Gasteiger partial charge is 0.270 e. The summed E-state index contributed by atoms with van der Waals surface area (Å²) in [6.07, 6.45) is -2.96. The summed E-state index contributed by atoms with van der Waals surface area (Å²) in [5.41, 5.74) is 2.48. The van der Waals surface area contributed by atoms with Crippen molar-refractivity contribution in [3.63, 3.8) is 0 Å². The molecule has 204 valence electrons. The number of Topliss-reactive ketones (excluding diaryl/α,β-unsaturated/α-hetero) is 1. The normalized spacial score (nSPS) is 14.6. The maximum absolute atomic E-state index is 13.7. The Bertz CT molecular complexity index is 954. The third kappa shape index (κ3) is 7.64. The monoisotopic (exact) mass is 850 g/mol. The predicted octanol–water partition coefficient (Wildman–Crippen LogP) is -2.36. The first-order valence-corrected chi connectivity index (χ1v) is 13.7. The number of likely N-dealkylation sites (N-methyl/N-ethyl adjacent to an activating group) is 1. The lowest BCUT2D eigenvalue weighted by Crippen LogP contribution is -2.56. The fraction of sp³-hybridized carbons (Fsp3) is 0.550. The van der Waals surface area contributed by atoms with E-state index in [0.29, 0.717) is 0 Å². The number of nitrogens with one attached hydrogen (secondary N) is 3. The minimum Gasteiger partial charge on any atom is -0.394 e. The van der Waals surface area contributed by atoms with Crippen molar-refractivity contribution in [2.45, 2.75) is 24.3 Å². The summed E-state index contributed by atoms with van der Waals surface area (Å²) in [5.74, 6) is -2.04. The number of rotatable bonds is 14. The number of aliphatic hydroxyl groups is 6. The van der Waals surface area contributed by atoms with E-state index in [2.05, 4.69) is 16.1 Å². The lowest BCUT2D eigenvalue weighted by atomic mass is 10.00. The van der Waals surface area contributed by atoms with Gasteiger partial charge >= 0.3 is 0 Å². The molecule has 2 amide bonds. The van der Waals surface area contributed by atoms with Crippen molar-refractivity contribution >= 4 is 85.4 Å². The first kappa shape index (κ1) is 33.7. The summed E-state index contributed by atoms with van der Waals surface area (Å²) >= 11 is 5.38. The molecule has 0 fully saturated rings. The number of halogens is 3. The first-order valence-electron chi connectivity index (χ1n) is 10.5. The lowest BCUT2D eigenvalue weighted by molar-refractivity contribution is -0.0214. The van der Waals surface area contributed by atoms with Crippen LogP contribution in [0.4, 0.5) is 0 Å². The summed E-state index contributed by atoms with van der Waals surface area (Å²) in [6.45, 7) is -2.97. The number of aliphatic hydroxyl groups excluding tert-OH is 6. The van der Waals surface area contributed by atoms with Crippen LogP contribution in [0.25, 0.3) is 0 Å². The van der Waals surface area contributed by atoms with Gasteiger partial charge in [-0.2, -0.15) is 0 Å². The molecule has 9 N–H and O–H groups in total. The van der Waals surface area contributed by atoms with E-state index in [1.165, 1.54) is 7.05 Å². The van der Waals surface area contributed by atoms with Gasteiger partial charge in [0.1, 0.15) is 6.10 Å². The Kier molecular flexibility index (Phi) is 14.9. The zero-order chi connectivity index (χ0) is 27.7. The van der Waals surface area contributed by atoms with Crippen molar-refractivity contribution in [2.75, 3.05) is 47.1 Å². The Morgan fingerprint density at radius 2 is 1.33 bits per heavy atom. The third-order valence-corrected chi connectivity index (χ3v) is 8.38. The molecule has 4 atom stereocenters. The van der Waals surface area contributed by atoms with Crippen LogP contribution < -0.4 is 16.1 Å². The van der Waals surface area contributed by atoms with Crippen LogP contribution >= 0.6 is 67.8 Å². The molecule has 0 saturated carbocycles. The number of ketones is 1. The molecular weight excluding hydrogens is 821 g/mol. The van der Waals surface area contributed by atoms with E-state index in [-0.39, 0.29) is 33.9 Å². The highest BCUT2D eigenvalue weighted by atomic mass is 127. The molecule has 0 aromatic heterocycles. The molecule has 1 aromatic carbocycles. The Balaban J connectivity index is 3.86. The van der Waals surface area contributed by atoms with Crippen molar-refractivity contribution in [2.24, 2.45) is 0 Å². The number of hydrazine groups is 1. The van der Waals surface area contributed by atoms with E-state index < -0.39 is 68.3 Å². The molecular formula is C20H29I3N4O9. The van der Waals surface area contributed by atoms with Crippen molar-refractivity contribution in [1.29, 1.82) is 0 Å². The van der Waals surface area contributed by atoms with Gasteiger partial charge in [-0.25, -0.2) is 5.43 Å². The SMILES string of the molecule is CNCC(=O)c1c(I)c(C(=O)NC(CO)C(O)CO)c(I)c(C(=O)N(NC)C(CO)C(O)CO)c1I. The highest BCUT2D eigenvalue weighted by Crippen LogP contribution is 2.33. The standard InChI is InChI=1S/C20H29I3N4O9/c1-24-3-10(32)13-16(21)14(19(35)26-8(4-28)11(33)6-30)18(23)15(17(13)22)20(36)27(25-2)9(5-29)12(34)7-31/h8-9,11-12,24-25,28-31,33-34H,3-7H2,1-2H3,(H,26,35). The van der Waals surface area contributed by atoms with Gasteiger partial charge in [0.2, 0.25) is 0 Å². The van der Waals surface area contributed by atoms with E-state index in [9.17, 15) is 45.0 Å². The predicted molar refractivity (Wildman–Crippen MR) is 153 cm³/mol. The molecule has 4 unspecified atom stereocenters. The lowest BCUT2D eigenvalue weighted by Gasteiger charge is -2.33. The van der Waals surface area contributed by atoms with Crippen LogP contribution in [0.2, 0.25) is 0 Å². The number of nitrogens with zero attached hydrogens (tertiary/aromatic N) is 1. The van der Waals surface area contributed by atoms with Gasteiger partial charge in [-0.15, -0.1) is 0 Å². The van der Waals surface area contributed by atoms with E-state index in [1.54, 1.807) is 52.2 Å². The summed E-state index contributed by atoms with van der Waals surface area (Å²) in [6, 6.07) is -2.48. The van der Waals surface area contributed by atoms with Crippen LogP contribution in [0.1, 0.15) is 31.1 Å². The average Bonchev–Trinajstić information content (AvgIpc) is 2.84. The second kappa shape index (κ2) is 16.0. The molecule has 13 nitrogen and oxygen atoms in total. The Morgan fingerprint density at radius 1 is 0.806 bits per heavy atom. The molecule has 1 aromatic rings. The van der Waals surface area contributed by atoms with Crippen LogP contribution in [-0.2, 0) is 0 Å². The van der Waals surface area contributed by atoms with Crippen molar-refractivity contribution < 1.29 is 45.0 Å². The molecule has 0 saturated heterocycles. The van der Waals surface area contributed by atoms with Gasteiger partial charge in [-0.3, -0.25) is 19.4 Å². The van der Waals surface area contributed by atoms with Crippen molar-refractivity contribution in [3.8, 4) is 0 Å². The molecule has 0 bridgehead atoms. The topological polar surface area (TPSA) is 212 Å². The molecule has 0 aliphatic rings. The maximum Gasteiger partial charge on any atom is 0.270 e. The van der Waals surface area contributed by atoms with E-state index in [4.69, 9.17) is 0 Å². The highest BCUT2D eigenvalue weighted by Gasteiger charge is 2.36. The molecule has 1 rings (SSSR count). The highest BCUT2D eigenvalue weighted by molar-refractivity contribution is 14.1. The van der Waals surface area contributed by atoms with Gasteiger partial charge in [0.15, 0.2) is 5.78 Å². The fourth-order valence-corrected chi connectivity index (χ4v) is 7.93. The summed E-state index contributed by atoms with van der Waals surface area (Å²) in [5, 5.41) is 63.9. The second-order valence-electron chi connectivity index (χ2n) is 7.43. The number of amides is 2. The van der Waals surface area contributed by atoms with Crippen molar-refractivity contribution in [1.82, 2.24) is 21.1 Å². The summed E-state index contributed by atoms with van der Waals surface area (Å²) in [4.78, 5) is 39.9. The van der Waals surface area contributed by atoms with E-state index in [0.717, 1.165) is 5.01 Å². The second-order valence-corrected chi connectivity index (χ2v) is 10.7. The molecule has 0 aliphatic heterocycles. The average molecular weight is 850 g/mol. The van der Waals surface area contributed by atoms with Gasteiger partial charge in [0.25, 0.3) is 11.8 Å². The first-order chi connectivity index (χ1) is 17.0. The minimum atomic E-state index is -1.50. The van der Waals surface area contributed by atoms with Gasteiger partial charge in [0.05, 0.1) is 62.3 Å². The van der Waals surface area contributed by atoms with Gasteiger partial charge < -0.3 is 41.3 Å². The number of hydrogen-bond donors (Lipinski definition) is 9. The largest absolute Gasteiger partial charge is 0.394 e. The number of carbonyl (C=O) groups is 3.